The van der Waals surface area contributed by atoms with Crippen LogP contribution in [0.15, 0.2) is 23.1 Å². The summed E-state index contributed by atoms with van der Waals surface area (Å²) in [7, 11) is -3.76. The van der Waals surface area contributed by atoms with Crippen molar-refractivity contribution in [2.75, 3.05) is 18.4 Å². The maximum absolute atomic E-state index is 12.7. The number of hydrogen-bond acceptors (Lipinski definition) is 6. The second-order valence-electron chi connectivity index (χ2n) is 5.04. The van der Waals surface area contributed by atoms with Crippen molar-refractivity contribution < 1.29 is 13.2 Å². The van der Waals surface area contributed by atoms with Gasteiger partial charge in [-0.3, -0.25) is 10.1 Å². The van der Waals surface area contributed by atoms with E-state index in [0.29, 0.717) is 18.2 Å². The Bertz CT molecular complexity index is 863. The molecule has 0 bridgehead atoms. The molecule has 136 valence electrons. The number of sulfonamides is 1. The number of aromatic nitrogens is 2. The molecule has 2 rings (SSSR count). The lowest BCUT2D eigenvalue weighted by molar-refractivity contribution is 0.102. The van der Waals surface area contributed by atoms with Crippen molar-refractivity contribution in [3.8, 4) is 0 Å². The summed E-state index contributed by atoms with van der Waals surface area (Å²) in [4.78, 5) is 12.3. The molecule has 0 atom stereocenters. The Balaban J connectivity index is 2.33. The van der Waals surface area contributed by atoms with Crippen LogP contribution in [0.25, 0.3) is 0 Å². The molecule has 0 radical (unpaired) electrons. The summed E-state index contributed by atoms with van der Waals surface area (Å²) in [5, 5.41) is 11.7. The summed E-state index contributed by atoms with van der Waals surface area (Å²) in [6.07, 6.45) is 0.723. The Hall–Kier alpha value is -1.55. The van der Waals surface area contributed by atoms with Crippen LogP contribution in [0.4, 0.5) is 5.13 Å². The van der Waals surface area contributed by atoms with Gasteiger partial charge in [-0.15, -0.1) is 10.2 Å². The van der Waals surface area contributed by atoms with Crippen molar-refractivity contribution >= 4 is 44.0 Å². The molecule has 1 aromatic carbocycles. The maximum atomic E-state index is 12.7. The zero-order valence-corrected chi connectivity index (χ0v) is 16.5. The minimum Gasteiger partial charge on any atom is -0.296 e. The van der Waals surface area contributed by atoms with E-state index >= 15 is 0 Å². The van der Waals surface area contributed by atoms with Gasteiger partial charge in [0.25, 0.3) is 5.91 Å². The SMILES string of the molecule is CCc1nnc(NC(=O)c2ccc(Cl)c(S(=O)(=O)N(CC)CC)c2)s1. The fourth-order valence-electron chi connectivity index (χ4n) is 2.16. The standard InChI is InChI=1S/C15H19ClN4O3S2/c1-4-13-18-19-15(24-13)17-14(21)10-7-8-11(16)12(9-10)25(22,23)20(5-2)6-3/h7-9H,4-6H2,1-3H3,(H,17,19,21). The molecule has 0 saturated heterocycles. The third kappa shape index (κ3) is 4.35. The zero-order valence-electron chi connectivity index (χ0n) is 14.1. The van der Waals surface area contributed by atoms with Gasteiger partial charge in [-0.25, -0.2) is 8.42 Å². The molecule has 1 amide bonds. The third-order valence-electron chi connectivity index (χ3n) is 3.51. The van der Waals surface area contributed by atoms with Gasteiger partial charge in [0.05, 0.1) is 5.02 Å². The highest BCUT2D eigenvalue weighted by Crippen LogP contribution is 2.26. The van der Waals surface area contributed by atoms with E-state index in [1.165, 1.54) is 33.8 Å². The summed E-state index contributed by atoms with van der Waals surface area (Å²) in [6.45, 7) is 6.06. The Morgan fingerprint density at radius 3 is 2.48 bits per heavy atom. The van der Waals surface area contributed by atoms with Crippen LogP contribution in [0.1, 0.15) is 36.1 Å². The fourth-order valence-corrected chi connectivity index (χ4v) is 4.79. The quantitative estimate of drug-likeness (QED) is 0.768. The number of carbonyl (C=O) groups excluding carboxylic acids is 1. The number of rotatable bonds is 7. The van der Waals surface area contributed by atoms with Gasteiger partial charge in [0.2, 0.25) is 15.2 Å². The van der Waals surface area contributed by atoms with Gasteiger partial charge in [-0.05, 0) is 24.6 Å². The minimum absolute atomic E-state index is 0.0765. The lowest BCUT2D eigenvalue weighted by Gasteiger charge is -2.19. The molecule has 25 heavy (non-hydrogen) atoms. The monoisotopic (exact) mass is 402 g/mol. The Morgan fingerprint density at radius 1 is 1.24 bits per heavy atom. The van der Waals surface area contributed by atoms with Crippen LogP contribution in [0.3, 0.4) is 0 Å². The average molecular weight is 403 g/mol. The first-order valence-electron chi connectivity index (χ1n) is 7.76. The highest BCUT2D eigenvalue weighted by Gasteiger charge is 2.25. The number of benzene rings is 1. The predicted molar refractivity (Wildman–Crippen MR) is 98.8 cm³/mol. The molecular weight excluding hydrogens is 384 g/mol. The molecule has 1 N–H and O–H groups in total. The number of halogens is 1. The van der Waals surface area contributed by atoms with E-state index in [1.807, 2.05) is 6.92 Å². The van der Waals surface area contributed by atoms with E-state index in [-0.39, 0.29) is 15.5 Å². The molecule has 0 aliphatic rings. The topological polar surface area (TPSA) is 92.3 Å². The van der Waals surface area contributed by atoms with Gasteiger partial charge in [0.15, 0.2) is 0 Å². The molecule has 0 fully saturated rings. The first-order chi connectivity index (χ1) is 11.8. The van der Waals surface area contributed by atoms with Crippen molar-refractivity contribution in [2.24, 2.45) is 0 Å². The van der Waals surface area contributed by atoms with Gasteiger partial charge >= 0.3 is 0 Å². The van der Waals surface area contributed by atoms with Crippen molar-refractivity contribution in [3.05, 3.63) is 33.8 Å². The maximum Gasteiger partial charge on any atom is 0.257 e. The van der Waals surface area contributed by atoms with Gasteiger partial charge in [-0.1, -0.05) is 43.7 Å². The Kier molecular flexibility index (Phi) is 6.50. The molecule has 1 aromatic heterocycles. The smallest absolute Gasteiger partial charge is 0.257 e. The predicted octanol–water partition coefficient (Wildman–Crippen LogP) is 3.04. The van der Waals surface area contributed by atoms with E-state index in [2.05, 4.69) is 15.5 Å². The molecule has 0 aliphatic carbocycles. The molecule has 0 spiro atoms. The summed E-state index contributed by atoms with van der Waals surface area (Å²) in [6, 6.07) is 4.16. The molecule has 7 nitrogen and oxygen atoms in total. The number of amides is 1. The highest BCUT2D eigenvalue weighted by molar-refractivity contribution is 7.89. The third-order valence-corrected chi connectivity index (χ3v) is 7.02. The lowest BCUT2D eigenvalue weighted by atomic mass is 10.2. The largest absolute Gasteiger partial charge is 0.296 e. The second-order valence-corrected chi connectivity index (χ2v) is 8.42. The number of hydrogen-bond donors (Lipinski definition) is 1. The normalized spacial score (nSPS) is 11.7. The number of carbonyl (C=O) groups is 1. The van der Waals surface area contributed by atoms with Crippen LogP contribution in [-0.4, -0.2) is 41.9 Å². The van der Waals surface area contributed by atoms with Crippen molar-refractivity contribution in [2.45, 2.75) is 32.1 Å². The molecule has 10 heteroatoms. The van der Waals surface area contributed by atoms with Crippen LogP contribution >= 0.6 is 22.9 Å². The fraction of sp³-hybridized carbons (Fsp3) is 0.400. The van der Waals surface area contributed by atoms with Crippen LogP contribution < -0.4 is 5.32 Å². The second kappa shape index (κ2) is 8.22. The van der Waals surface area contributed by atoms with Crippen molar-refractivity contribution in [1.29, 1.82) is 0 Å². The van der Waals surface area contributed by atoms with Crippen LogP contribution in [0.2, 0.25) is 5.02 Å². The van der Waals surface area contributed by atoms with Crippen LogP contribution in [0.5, 0.6) is 0 Å². The molecule has 0 saturated carbocycles. The summed E-state index contributed by atoms with van der Waals surface area (Å²) in [5.74, 6) is -0.466. The zero-order chi connectivity index (χ0) is 18.6. The van der Waals surface area contributed by atoms with Gasteiger partial charge in [0, 0.05) is 18.7 Å². The van der Waals surface area contributed by atoms with E-state index < -0.39 is 15.9 Å². The number of aryl methyl sites for hydroxylation is 1. The molecular formula is C15H19ClN4O3S2. The minimum atomic E-state index is -3.76. The molecule has 0 aliphatic heterocycles. The lowest BCUT2D eigenvalue weighted by Crippen LogP contribution is -2.31. The van der Waals surface area contributed by atoms with Crippen LogP contribution in [-0.2, 0) is 16.4 Å². The Morgan fingerprint density at radius 2 is 1.92 bits per heavy atom. The molecule has 2 aromatic rings. The highest BCUT2D eigenvalue weighted by atomic mass is 35.5. The summed E-state index contributed by atoms with van der Waals surface area (Å²) >= 11 is 7.34. The van der Waals surface area contributed by atoms with Crippen molar-refractivity contribution in [3.63, 3.8) is 0 Å². The molecule has 0 unspecified atom stereocenters. The first-order valence-corrected chi connectivity index (χ1v) is 10.4. The van der Waals surface area contributed by atoms with Crippen LogP contribution in [0, 0.1) is 0 Å². The van der Waals surface area contributed by atoms with E-state index in [1.54, 1.807) is 13.8 Å². The number of anilines is 1. The summed E-state index contributed by atoms with van der Waals surface area (Å²) < 4.78 is 26.6. The first kappa shape index (κ1) is 19.8. The summed E-state index contributed by atoms with van der Waals surface area (Å²) in [5.41, 5.74) is 0.184. The van der Waals surface area contributed by atoms with Gasteiger partial charge in [0.1, 0.15) is 9.90 Å². The van der Waals surface area contributed by atoms with E-state index in [4.69, 9.17) is 11.6 Å². The number of nitrogens with one attached hydrogen (secondary N) is 1. The van der Waals surface area contributed by atoms with Crippen molar-refractivity contribution in [1.82, 2.24) is 14.5 Å². The Labute approximate surface area is 156 Å². The van der Waals surface area contributed by atoms with E-state index in [0.717, 1.165) is 11.4 Å². The van der Waals surface area contributed by atoms with Gasteiger partial charge in [-0.2, -0.15) is 4.31 Å². The molecule has 1 heterocycles. The average Bonchev–Trinajstić information content (AvgIpc) is 3.03. The number of nitrogens with zero attached hydrogens (tertiary/aromatic N) is 3. The van der Waals surface area contributed by atoms with E-state index in [9.17, 15) is 13.2 Å². The van der Waals surface area contributed by atoms with Gasteiger partial charge < -0.3 is 0 Å².